The average Bonchev–Trinajstić information content (AvgIpc) is 2.39. The van der Waals surface area contributed by atoms with Crippen LogP contribution in [0.25, 0.3) is 0 Å². The number of rotatable bonds is 2. The molecule has 0 unspecified atom stereocenters. The van der Waals surface area contributed by atoms with E-state index in [1.807, 2.05) is 12.1 Å². The quantitative estimate of drug-likeness (QED) is 0.823. The van der Waals surface area contributed by atoms with Gasteiger partial charge in [0, 0.05) is 6.54 Å². The molecule has 0 radical (unpaired) electrons. The van der Waals surface area contributed by atoms with E-state index in [2.05, 4.69) is 18.2 Å². The van der Waals surface area contributed by atoms with Gasteiger partial charge >= 0.3 is 0 Å². The van der Waals surface area contributed by atoms with Gasteiger partial charge in [0.05, 0.1) is 11.5 Å². The fourth-order valence-electron chi connectivity index (χ4n) is 2.58. The van der Waals surface area contributed by atoms with Crippen LogP contribution in [-0.4, -0.2) is 0 Å². The van der Waals surface area contributed by atoms with Crippen LogP contribution in [-0.2, 0) is 12.0 Å². The normalized spacial score (nSPS) is 19.0. The second kappa shape index (κ2) is 4.67. The summed E-state index contributed by atoms with van der Waals surface area (Å²) in [5, 5.41) is 9.45. The highest BCUT2D eigenvalue weighted by Crippen LogP contribution is 2.38. The molecule has 0 atom stereocenters. The summed E-state index contributed by atoms with van der Waals surface area (Å²) >= 11 is 0. The van der Waals surface area contributed by atoms with Crippen molar-refractivity contribution in [3.8, 4) is 6.07 Å². The van der Waals surface area contributed by atoms with Gasteiger partial charge in [0.1, 0.15) is 0 Å². The molecule has 1 aromatic rings. The molecule has 1 saturated carbocycles. The predicted octanol–water partition coefficient (Wildman–Crippen LogP) is 2.87. The third-order valence-corrected chi connectivity index (χ3v) is 3.66. The lowest BCUT2D eigenvalue weighted by atomic mass is 9.70. The van der Waals surface area contributed by atoms with E-state index in [4.69, 9.17) is 5.73 Å². The maximum absolute atomic E-state index is 9.45. The number of benzene rings is 1. The molecule has 0 spiro atoms. The fourth-order valence-corrected chi connectivity index (χ4v) is 2.58. The first-order valence-corrected chi connectivity index (χ1v) is 6.01. The van der Waals surface area contributed by atoms with Crippen molar-refractivity contribution in [3.63, 3.8) is 0 Å². The predicted molar refractivity (Wildman–Crippen MR) is 64.7 cm³/mol. The van der Waals surface area contributed by atoms with Gasteiger partial charge < -0.3 is 5.73 Å². The van der Waals surface area contributed by atoms with Crippen molar-refractivity contribution in [3.05, 3.63) is 35.4 Å². The third kappa shape index (κ3) is 1.96. The molecule has 0 bridgehead atoms. The van der Waals surface area contributed by atoms with Gasteiger partial charge in [-0.25, -0.2) is 0 Å². The summed E-state index contributed by atoms with van der Waals surface area (Å²) in [7, 11) is 0. The summed E-state index contributed by atoms with van der Waals surface area (Å²) in [6.45, 7) is 0.569. The van der Waals surface area contributed by atoms with Crippen molar-refractivity contribution >= 4 is 0 Å². The topological polar surface area (TPSA) is 49.8 Å². The highest BCUT2D eigenvalue weighted by molar-refractivity contribution is 5.35. The molecule has 0 aromatic heterocycles. The van der Waals surface area contributed by atoms with Gasteiger partial charge in [0.25, 0.3) is 0 Å². The summed E-state index contributed by atoms with van der Waals surface area (Å²) in [6.07, 6.45) is 5.62. The van der Waals surface area contributed by atoms with Crippen LogP contribution in [0.3, 0.4) is 0 Å². The Kier molecular flexibility index (Phi) is 3.26. The molecule has 16 heavy (non-hydrogen) atoms. The molecule has 2 N–H and O–H groups in total. The summed E-state index contributed by atoms with van der Waals surface area (Å²) in [5.74, 6) is 0. The zero-order valence-electron chi connectivity index (χ0n) is 9.58. The Balaban J connectivity index is 2.29. The molecule has 1 aliphatic rings. The second-order valence-electron chi connectivity index (χ2n) is 4.66. The van der Waals surface area contributed by atoms with Gasteiger partial charge in [-0.15, -0.1) is 0 Å². The highest BCUT2D eigenvalue weighted by Gasteiger charge is 2.33. The monoisotopic (exact) mass is 214 g/mol. The van der Waals surface area contributed by atoms with Crippen LogP contribution in [0.2, 0.25) is 0 Å². The largest absolute Gasteiger partial charge is 0.326 e. The molecule has 84 valence electrons. The Morgan fingerprint density at radius 3 is 2.25 bits per heavy atom. The molecular weight excluding hydrogens is 196 g/mol. The Labute approximate surface area is 97.1 Å². The summed E-state index contributed by atoms with van der Waals surface area (Å²) < 4.78 is 0. The highest BCUT2D eigenvalue weighted by atomic mass is 14.5. The summed E-state index contributed by atoms with van der Waals surface area (Å²) in [6, 6.07) is 10.8. The van der Waals surface area contributed by atoms with Crippen molar-refractivity contribution in [2.45, 2.75) is 44.1 Å². The Morgan fingerprint density at radius 2 is 1.75 bits per heavy atom. The molecule has 1 fully saturated rings. The molecule has 1 aromatic carbocycles. The van der Waals surface area contributed by atoms with Crippen molar-refractivity contribution in [1.29, 1.82) is 5.26 Å². The van der Waals surface area contributed by atoms with Gasteiger partial charge in [0.2, 0.25) is 0 Å². The SMILES string of the molecule is N#CC1(c2ccc(CN)cc2)CCCCC1. The smallest absolute Gasteiger partial charge is 0.0822 e. The Hall–Kier alpha value is -1.33. The number of nitrogens with two attached hydrogens (primary N) is 1. The molecule has 0 saturated heterocycles. The summed E-state index contributed by atoms with van der Waals surface area (Å²) in [4.78, 5) is 0. The zero-order chi connectivity index (χ0) is 11.4. The van der Waals surface area contributed by atoms with Crippen LogP contribution in [0.5, 0.6) is 0 Å². The minimum absolute atomic E-state index is 0.231. The van der Waals surface area contributed by atoms with Gasteiger partial charge in [-0.1, -0.05) is 43.5 Å². The van der Waals surface area contributed by atoms with Crippen LogP contribution < -0.4 is 5.73 Å². The second-order valence-corrected chi connectivity index (χ2v) is 4.66. The molecule has 2 nitrogen and oxygen atoms in total. The number of nitriles is 1. The van der Waals surface area contributed by atoms with Crippen molar-refractivity contribution in [2.75, 3.05) is 0 Å². The molecule has 2 heteroatoms. The summed E-state index contributed by atoms with van der Waals surface area (Å²) in [5.41, 5.74) is 7.65. The van der Waals surface area contributed by atoms with E-state index in [0.717, 1.165) is 18.4 Å². The standard InChI is InChI=1S/C14H18N2/c15-10-12-4-6-13(7-5-12)14(11-16)8-2-1-3-9-14/h4-7H,1-3,8-10,15H2. The van der Waals surface area contributed by atoms with E-state index in [-0.39, 0.29) is 5.41 Å². The number of hydrogen-bond donors (Lipinski definition) is 1. The minimum Gasteiger partial charge on any atom is -0.326 e. The van der Waals surface area contributed by atoms with E-state index in [1.54, 1.807) is 0 Å². The van der Waals surface area contributed by atoms with Crippen molar-refractivity contribution < 1.29 is 0 Å². The van der Waals surface area contributed by atoms with E-state index in [1.165, 1.54) is 24.8 Å². The van der Waals surface area contributed by atoms with Crippen LogP contribution in [0, 0.1) is 11.3 Å². The van der Waals surface area contributed by atoms with Crippen LogP contribution in [0.4, 0.5) is 0 Å². The molecule has 0 heterocycles. The van der Waals surface area contributed by atoms with E-state index in [0.29, 0.717) is 6.54 Å². The van der Waals surface area contributed by atoms with Gasteiger partial charge in [0.15, 0.2) is 0 Å². The first-order valence-electron chi connectivity index (χ1n) is 6.01. The maximum Gasteiger partial charge on any atom is 0.0822 e. The number of nitrogens with zero attached hydrogens (tertiary/aromatic N) is 1. The minimum atomic E-state index is -0.231. The van der Waals surface area contributed by atoms with Gasteiger partial charge in [-0.3, -0.25) is 0 Å². The molecular formula is C14H18N2. The van der Waals surface area contributed by atoms with E-state index in [9.17, 15) is 5.26 Å². The lowest BCUT2D eigenvalue weighted by molar-refractivity contribution is 0.366. The van der Waals surface area contributed by atoms with Crippen LogP contribution in [0.15, 0.2) is 24.3 Å². The van der Waals surface area contributed by atoms with E-state index >= 15 is 0 Å². The van der Waals surface area contributed by atoms with Gasteiger partial charge in [-0.2, -0.15) is 5.26 Å². The van der Waals surface area contributed by atoms with Crippen LogP contribution >= 0.6 is 0 Å². The van der Waals surface area contributed by atoms with Crippen molar-refractivity contribution in [2.24, 2.45) is 5.73 Å². The molecule has 0 aliphatic heterocycles. The maximum atomic E-state index is 9.45. The fraction of sp³-hybridized carbons (Fsp3) is 0.500. The third-order valence-electron chi connectivity index (χ3n) is 3.66. The lowest BCUT2D eigenvalue weighted by Gasteiger charge is -2.31. The molecule has 0 amide bonds. The lowest BCUT2D eigenvalue weighted by Crippen LogP contribution is -2.27. The first kappa shape index (κ1) is 11.2. The molecule has 2 rings (SSSR count). The zero-order valence-corrected chi connectivity index (χ0v) is 9.58. The van der Waals surface area contributed by atoms with E-state index < -0.39 is 0 Å². The number of hydrogen-bond acceptors (Lipinski definition) is 2. The van der Waals surface area contributed by atoms with Crippen molar-refractivity contribution in [1.82, 2.24) is 0 Å². The average molecular weight is 214 g/mol. The van der Waals surface area contributed by atoms with Crippen LogP contribution in [0.1, 0.15) is 43.2 Å². The van der Waals surface area contributed by atoms with Gasteiger partial charge in [-0.05, 0) is 24.0 Å². The Morgan fingerprint density at radius 1 is 1.12 bits per heavy atom. The first-order chi connectivity index (χ1) is 7.80. The Bertz CT molecular complexity index is 380. The molecule has 1 aliphatic carbocycles.